The van der Waals surface area contributed by atoms with Gasteiger partial charge in [-0.3, -0.25) is 4.39 Å². The van der Waals surface area contributed by atoms with Gasteiger partial charge in [-0.2, -0.15) is 6.07 Å². The molecule has 0 N–H and O–H groups in total. The summed E-state index contributed by atoms with van der Waals surface area (Å²) >= 11 is 5.55. The smallest absolute Gasteiger partial charge is 0.527 e. The van der Waals surface area contributed by atoms with E-state index in [9.17, 15) is 4.39 Å². The third-order valence-corrected chi connectivity index (χ3v) is 1.55. The molecule has 0 spiro atoms. The van der Waals surface area contributed by atoms with Gasteiger partial charge >= 0.3 is 18.9 Å². The minimum Gasteiger partial charge on any atom is -0.527 e. The minimum atomic E-state index is -0.551. The van der Waals surface area contributed by atoms with Crippen LogP contribution >= 0.6 is 11.6 Å². The Morgan fingerprint density at radius 3 is 2.85 bits per heavy atom. The van der Waals surface area contributed by atoms with Gasteiger partial charge < -0.3 is 9.47 Å². The first-order valence-electron chi connectivity index (χ1n) is 3.22. The monoisotopic (exact) mass is 196 g/mol. The van der Waals surface area contributed by atoms with Crippen LogP contribution in [-0.2, 0) is 4.74 Å². The van der Waals surface area contributed by atoms with Gasteiger partial charge in [0.1, 0.15) is 0 Å². The van der Waals surface area contributed by atoms with Crippen LogP contribution in [0.25, 0.3) is 0 Å². The molecule has 0 atom stereocenters. The summed E-state index contributed by atoms with van der Waals surface area (Å²) in [7, 11) is 1.47. The van der Waals surface area contributed by atoms with E-state index in [1.165, 1.54) is 13.2 Å². The van der Waals surface area contributed by atoms with Gasteiger partial charge in [0.05, 0.1) is 0 Å². The summed E-state index contributed by atoms with van der Waals surface area (Å²) in [5.74, 6) is -0.316. The van der Waals surface area contributed by atoms with E-state index in [-0.39, 0.29) is 36.4 Å². The molecule has 0 heterocycles. The van der Waals surface area contributed by atoms with E-state index >= 15 is 0 Å². The molecule has 0 radical (unpaired) electrons. The maximum Gasteiger partial charge on any atom is 1.00 e. The molecular weight excluding hydrogens is 189 g/mol. The summed E-state index contributed by atoms with van der Waals surface area (Å²) < 4.78 is 22.3. The fourth-order valence-corrected chi connectivity index (χ4v) is 0.826. The maximum atomic E-state index is 12.7. The van der Waals surface area contributed by atoms with Crippen LogP contribution in [-0.4, -0.2) is 13.9 Å². The van der Waals surface area contributed by atoms with Crippen LogP contribution in [0.4, 0.5) is 4.39 Å². The van der Waals surface area contributed by atoms with E-state index in [1.807, 2.05) is 0 Å². The standard InChI is InChI=1S/C8H7ClFO2.Li/c1-11-5-12-7-4-2-3-6(10)8(7)9;/h3-4H,5H2,1H3;/q-1;+1. The SMILES string of the molecule is COCOc1c[c-]cc(F)c1Cl.[Li+]. The average Bonchev–Trinajstić information content (AvgIpc) is 2.08. The van der Waals surface area contributed by atoms with E-state index in [0.717, 1.165) is 6.07 Å². The Hall–Kier alpha value is -0.203. The van der Waals surface area contributed by atoms with E-state index in [0.29, 0.717) is 0 Å². The topological polar surface area (TPSA) is 18.5 Å². The van der Waals surface area contributed by atoms with Crippen molar-refractivity contribution in [3.8, 4) is 5.75 Å². The number of hydrogen-bond acceptors (Lipinski definition) is 2. The number of benzene rings is 1. The zero-order valence-corrected chi connectivity index (χ0v) is 8.19. The Morgan fingerprint density at radius 2 is 2.23 bits per heavy atom. The van der Waals surface area contributed by atoms with E-state index in [1.54, 1.807) is 0 Å². The zero-order valence-electron chi connectivity index (χ0n) is 7.43. The van der Waals surface area contributed by atoms with Gasteiger partial charge in [0.2, 0.25) is 0 Å². The quantitative estimate of drug-likeness (QED) is 0.360. The first kappa shape index (κ1) is 12.8. The molecule has 0 aliphatic heterocycles. The molecule has 13 heavy (non-hydrogen) atoms. The predicted molar refractivity (Wildman–Crippen MR) is 42.8 cm³/mol. The minimum absolute atomic E-state index is 0. The largest absolute Gasteiger partial charge is 1.00 e. The molecule has 0 saturated carbocycles. The first-order chi connectivity index (χ1) is 5.75. The van der Waals surface area contributed by atoms with Crippen molar-refractivity contribution in [3.05, 3.63) is 29.0 Å². The van der Waals surface area contributed by atoms with Gasteiger partial charge in [0.15, 0.2) is 6.79 Å². The van der Waals surface area contributed by atoms with E-state index in [2.05, 4.69) is 10.8 Å². The van der Waals surface area contributed by atoms with Crippen molar-refractivity contribution in [2.24, 2.45) is 0 Å². The maximum absolute atomic E-state index is 12.7. The second kappa shape index (κ2) is 6.28. The molecule has 0 amide bonds. The second-order valence-corrected chi connectivity index (χ2v) is 2.41. The Bertz CT molecular complexity index is 270. The molecule has 0 aliphatic carbocycles. The number of ether oxygens (including phenoxy) is 2. The van der Waals surface area contributed by atoms with Crippen LogP contribution in [0.5, 0.6) is 5.75 Å². The van der Waals surface area contributed by atoms with Gasteiger partial charge in [-0.1, -0.05) is 0 Å². The molecule has 0 aromatic heterocycles. The Balaban J connectivity index is 0.00000144. The summed E-state index contributed by atoms with van der Waals surface area (Å²) in [5.41, 5.74) is 0. The van der Waals surface area contributed by atoms with E-state index < -0.39 is 5.82 Å². The van der Waals surface area contributed by atoms with Crippen LogP contribution in [0.15, 0.2) is 12.1 Å². The fourth-order valence-electron chi connectivity index (χ4n) is 0.662. The molecule has 0 unspecified atom stereocenters. The molecule has 1 aromatic rings. The summed E-state index contributed by atoms with van der Waals surface area (Å²) in [6.45, 7) is 0.0387. The predicted octanol–water partition coefficient (Wildman–Crippen LogP) is -0.734. The Morgan fingerprint density at radius 1 is 1.54 bits per heavy atom. The molecule has 5 heteroatoms. The number of hydrogen-bond donors (Lipinski definition) is 0. The third kappa shape index (κ3) is 3.58. The fraction of sp³-hybridized carbons (Fsp3) is 0.250. The van der Waals surface area contributed by atoms with Gasteiger partial charge in [-0.25, -0.2) is 0 Å². The van der Waals surface area contributed by atoms with Crippen molar-refractivity contribution in [1.29, 1.82) is 0 Å². The molecule has 1 rings (SSSR count). The molecular formula is C8H7ClFLiO2. The molecule has 0 saturated heterocycles. The third-order valence-electron chi connectivity index (χ3n) is 1.18. The summed E-state index contributed by atoms with van der Waals surface area (Å²) in [5, 5.41) is -0.0502. The molecule has 0 fully saturated rings. The van der Waals surface area contributed by atoms with Crippen LogP contribution in [0.3, 0.4) is 0 Å². The summed E-state index contributed by atoms with van der Waals surface area (Å²) in [6, 6.07) is 5.13. The normalized spacial score (nSPS) is 9.15. The number of halogens is 2. The molecule has 0 aliphatic rings. The Kier molecular flexibility index (Phi) is 6.18. The van der Waals surface area contributed by atoms with Gasteiger partial charge in [0.25, 0.3) is 0 Å². The Labute approximate surface area is 93.2 Å². The van der Waals surface area contributed by atoms with Crippen LogP contribution in [0, 0.1) is 11.9 Å². The summed E-state index contributed by atoms with van der Waals surface area (Å²) in [6.07, 6.45) is 0. The average molecular weight is 197 g/mol. The van der Waals surface area contributed by atoms with Crippen LogP contribution < -0.4 is 23.6 Å². The van der Waals surface area contributed by atoms with Gasteiger partial charge in [-0.15, -0.1) is 23.7 Å². The second-order valence-electron chi connectivity index (χ2n) is 2.03. The number of methoxy groups -OCH3 is 1. The van der Waals surface area contributed by atoms with Crippen molar-refractivity contribution >= 4 is 11.6 Å². The van der Waals surface area contributed by atoms with E-state index in [4.69, 9.17) is 16.3 Å². The van der Waals surface area contributed by atoms with Crippen molar-refractivity contribution in [2.75, 3.05) is 13.9 Å². The first-order valence-corrected chi connectivity index (χ1v) is 3.60. The van der Waals surface area contributed by atoms with Crippen molar-refractivity contribution in [1.82, 2.24) is 0 Å². The van der Waals surface area contributed by atoms with Gasteiger partial charge in [-0.05, 0) is 0 Å². The zero-order chi connectivity index (χ0) is 8.97. The molecule has 2 nitrogen and oxygen atoms in total. The molecule has 66 valence electrons. The number of rotatable bonds is 3. The van der Waals surface area contributed by atoms with Crippen LogP contribution in [0.1, 0.15) is 0 Å². The summed E-state index contributed by atoms with van der Waals surface area (Å²) in [4.78, 5) is 0. The molecule has 0 bridgehead atoms. The van der Waals surface area contributed by atoms with Crippen molar-refractivity contribution in [3.63, 3.8) is 0 Å². The van der Waals surface area contributed by atoms with Crippen LogP contribution in [0.2, 0.25) is 5.02 Å². The van der Waals surface area contributed by atoms with Crippen molar-refractivity contribution < 1.29 is 32.7 Å². The van der Waals surface area contributed by atoms with Crippen molar-refractivity contribution in [2.45, 2.75) is 0 Å². The van der Waals surface area contributed by atoms with Gasteiger partial charge in [0, 0.05) is 23.7 Å². The molecule has 1 aromatic carbocycles.